The summed E-state index contributed by atoms with van der Waals surface area (Å²) >= 11 is 0. The van der Waals surface area contributed by atoms with E-state index in [2.05, 4.69) is 24.0 Å². The number of ketones is 1. The first-order valence-electron chi connectivity index (χ1n) is 7.45. The molecular weight excluding hydrogens is 250 g/mol. The second-order valence-electron chi connectivity index (χ2n) is 6.12. The van der Waals surface area contributed by atoms with E-state index < -0.39 is 0 Å². The molecule has 110 valence electrons. The number of piperidine rings is 1. The third-order valence-corrected chi connectivity index (χ3v) is 4.18. The Morgan fingerprint density at radius 3 is 2.55 bits per heavy atom. The van der Waals surface area contributed by atoms with Crippen molar-refractivity contribution in [1.82, 2.24) is 4.90 Å². The van der Waals surface area contributed by atoms with E-state index in [1.165, 1.54) is 5.56 Å². The Bertz CT molecular complexity index is 473. The Labute approximate surface area is 121 Å². The molecule has 3 nitrogen and oxygen atoms in total. The molecule has 0 bridgehead atoms. The number of aryl methyl sites for hydroxylation is 3. The average Bonchev–Trinajstić information content (AvgIpc) is 2.37. The third kappa shape index (κ3) is 3.47. The van der Waals surface area contributed by atoms with Gasteiger partial charge in [-0.3, -0.25) is 9.69 Å². The summed E-state index contributed by atoms with van der Waals surface area (Å²) < 4.78 is 0. The molecule has 1 atom stereocenters. The highest BCUT2D eigenvalue weighted by atomic mass is 16.3. The first-order chi connectivity index (χ1) is 9.51. The summed E-state index contributed by atoms with van der Waals surface area (Å²) in [6.07, 6.45) is 2.15. The highest BCUT2D eigenvalue weighted by molar-refractivity contribution is 6.00. The van der Waals surface area contributed by atoms with Crippen LogP contribution in [0.1, 0.15) is 39.9 Å². The van der Waals surface area contributed by atoms with Gasteiger partial charge in [0.15, 0.2) is 5.78 Å². The second kappa shape index (κ2) is 6.51. The molecule has 1 saturated heterocycles. The summed E-state index contributed by atoms with van der Waals surface area (Å²) in [6.45, 7) is 8.59. The fourth-order valence-electron chi connectivity index (χ4n) is 3.35. The van der Waals surface area contributed by atoms with Crippen LogP contribution in [-0.2, 0) is 0 Å². The Morgan fingerprint density at radius 1 is 1.30 bits per heavy atom. The molecule has 0 aliphatic carbocycles. The Balaban J connectivity index is 2.09. The van der Waals surface area contributed by atoms with Crippen LogP contribution in [0.3, 0.4) is 0 Å². The molecule has 0 amide bonds. The molecule has 20 heavy (non-hydrogen) atoms. The predicted octanol–water partition coefficient (Wildman–Crippen LogP) is 2.50. The van der Waals surface area contributed by atoms with Gasteiger partial charge in [-0.1, -0.05) is 17.7 Å². The molecule has 1 aromatic rings. The molecule has 0 radical (unpaired) electrons. The minimum absolute atomic E-state index is 0.207. The van der Waals surface area contributed by atoms with E-state index in [0.29, 0.717) is 12.5 Å². The van der Waals surface area contributed by atoms with E-state index in [9.17, 15) is 9.90 Å². The van der Waals surface area contributed by atoms with Crippen molar-refractivity contribution in [3.05, 3.63) is 34.4 Å². The molecule has 2 rings (SSSR count). The van der Waals surface area contributed by atoms with Crippen molar-refractivity contribution in [2.45, 2.75) is 33.6 Å². The highest BCUT2D eigenvalue weighted by Crippen LogP contribution is 2.20. The maximum Gasteiger partial charge on any atom is 0.177 e. The van der Waals surface area contributed by atoms with E-state index in [1.807, 2.05) is 13.8 Å². The number of Topliss-reactive ketones (excluding diaryl/α,β-unsaturated/α-hetero) is 1. The lowest BCUT2D eigenvalue weighted by Crippen LogP contribution is -2.40. The van der Waals surface area contributed by atoms with Crippen LogP contribution in [0.25, 0.3) is 0 Å². The lowest BCUT2D eigenvalue weighted by molar-refractivity contribution is 0.0832. The van der Waals surface area contributed by atoms with Gasteiger partial charge in [-0.25, -0.2) is 0 Å². The fraction of sp³-hybridized carbons (Fsp3) is 0.588. The number of aliphatic hydroxyl groups excluding tert-OH is 1. The Hall–Kier alpha value is -1.19. The summed E-state index contributed by atoms with van der Waals surface area (Å²) in [4.78, 5) is 14.7. The van der Waals surface area contributed by atoms with Gasteiger partial charge in [0.2, 0.25) is 0 Å². The van der Waals surface area contributed by atoms with Gasteiger partial charge < -0.3 is 5.11 Å². The number of hydrogen-bond donors (Lipinski definition) is 1. The summed E-state index contributed by atoms with van der Waals surface area (Å²) in [5, 5.41) is 9.27. The van der Waals surface area contributed by atoms with Crippen LogP contribution in [-0.4, -0.2) is 42.0 Å². The van der Waals surface area contributed by atoms with Crippen molar-refractivity contribution < 1.29 is 9.90 Å². The number of nitrogens with zero attached hydrogens (tertiary/aromatic N) is 1. The molecule has 1 aromatic carbocycles. The topological polar surface area (TPSA) is 40.5 Å². The normalized spacial score (nSPS) is 20.1. The number of aliphatic hydroxyl groups is 1. The molecule has 1 aliphatic rings. The van der Waals surface area contributed by atoms with Gasteiger partial charge >= 0.3 is 0 Å². The Morgan fingerprint density at radius 2 is 1.95 bits per heavy atom. The predicted molar refractivity (Wildman–Crippen MR) is 81.2 cm³/mol. The van der Waals surface area contributed by atoms with Crippen LogP contribution < -0.4 is 0 Å². The zero-order valence-electron chi connectivity index (χ0n) is 12.8. The van der Waals surface area contributed by atoms with Crippen LogP contribution in [0.15, 0.2) is 12.1 Å². The van der Waals surface area contributed by atoms with Crippen molar-refractivity contribution in [3.63, 3.8) is 0 Å². The van der Waals surface area contributed by atoms with Gasteiger partial charge in [0.1, 0.15) is 0 Å². The summed E-state index contributed by atoms with van der Waals surface area (Å²) in [5.74, 6) is 0.537. The van der Waals surface area contributed by atoms with Crippen molar-refractivity contribution in [1.29, 1.82) is 0 Å². The van der Waals surface area contributed by atoms with E-state index in [1.54, 1.807) is 0 Å². The van der Waals surface area contributed by atoms with Crippen molar-refractivity contribution in [2.75, 3.05) is 26.2 Å². The largest absolute Gasteiger partial charge is 0.396 e. The maximum atomic E-state index is 12.6. The van der Waals surface area contributed by atoms with Crippen molar-refractivity contribution in [2.24, 2.45) is 5.92 Å². The molecule has 1 fully saturated rings. The SMILES string of the molecule is Cc1cc(C)c(C(=O)CN2CCCC(CO)C2)c(C)c1. The number of likely N-dealkylation sites (tertiary alicyclic amines) is 1. The van der Waals surface area contributed by atoms with E-state index in [0.717, 1.165) is 42.6 Å². The molecule has 3 heteroatoms. The zero-order valence-corrected chi connectivity index (χ0v) is 12.8. The zero-order chi connectivity index (χ0) is 14.7. The first kappa shape index (κ1) is 15.2. The van der Waals surface area contributed by atoms with Gasteiger partial charge in [0.25, 0.3) is 0 Å². The molecule has 1 heterocycles. The maximum absolute atomic E-state index is 12.6. The minimum Gasteiger partial charge on any atom is -0.396 e. The third-order valence-electron chi connectivity index (χ3n) is 4.18. The number of carbonyl (C=O) groups excluding carboxylic acids is 1. The summed E-state index contributed by atoms with van der Waals surface area (Å²) in [5.41, 5.74) is 4.23. The summed E-state index contributed by atoms with van der Waals surface area (Å²) in [7, 11) is 0. The number of rotatable bonds is 4. The van der Waals surface area contributed by atoms with E-state index in [4.69, 9.17) is 0 Å². The van der Waals surface area contributed by atoms with Gasteiger partial charge in [-0.2, -0.15) is 0 Å². The van der Waals surface area contributed by atoms with Crippen LogP contribution in [0, 0.1) is 26.7 Å². The molecule has 1 unspecified atom stereocenters. The van der Waals surface area contributed by atoms with Crippen molar-refractivity contribution >= 4 is 5.78 Å². The van der Waals surface area contributed by atoms with Crippen molar-refractivity contribution in [3.8, 4) is 0 Å². The second-order valence-corrected chi connectivity index (χ2v) is 6.12. The summed E-state index contributed by atoms with van der Waals surface area (Å²) in [6, 6.07) is 4.15. The van der Waals surface area contributed by atoms with Gasteiger partial charge in [-0.05, 0) is 57.2 Å². The lowest BCUT2D eigenvalue weighted by atomic mass is 9.95. The quantitative estimate of drug-likeness (QED) is 0.858. The number of hydrogen-bond acceptors (Lipinski definition) is 3. The number of carbonyl (C=O) groups is 1. The highest BCUT2D eigenvalue weighted by Gasteiger charge is 2.22. The smallest absolute Gasteiger partial charge is 0.177 e. The van der Waals surface area contributed by atoms with Gasteiger partial charge in [0.05, 0.1) is 6.54 Å². The molecular formula is C17H25NO2. The molecule has 0 aromatic heterocycles. The van der Waals surface area contributed by atoms with Crippen LogP contribution in [0.4, 0.5) is 0 Å². The molecule has 1 N–H and O–H groups in total. The van der Waals surface area contributed by atoms with Crippen LogP contribution >= 0.6 is 0 Å². The lowest BCUT2D eigenvalue weighted by Gasteiger charge is -2.31. The van der Waals surface area contributed by atoms with E-state index in [-0.39, 0.29) is 12.4 Å². The molecule has 0 saturated carbocycles. The molecule has 0 spiro atoms. The standard InChI is InChI=1S/C17H25NO2/c1-12-7-13(2)17(14(3)8-12)16(20)10-18-6-4-5-15(9-18)11-19/h7-8,15,19H,4-6,9-11H2,1-3H3. The Kier molecular flexibility index (Phi) is 4.95. The minimum atomic E-state index is 0.207. The first-order valence-corrected chi connectivity index (χ1v) is 7.45. The average molecular weight is 275 g/mol. The monoisotopic (exact) mass is 275 g/mol. The van der Waals surface area contributed by atoms with Crippen LogP contribution in [0.5, 0.6) is 0 Å². The van der Waals surface area contributed by atoms with E-state index >= 15 is 0 Å². The molecule has 1 aliphatic heterocycles. The fourth-order valence-corrected chi connectivity index (χ4v) is 3.35. The van der Waals surface area contributed by atoms with Gasteiger partial charge in [-0.15, -0.1) is 0 Å². The van der Waals surface area contributed by atoms with Crippen LogP contribution in [0.2, 0.25) is 0 Å². The van der Waals surface area contributed by atoms with Gasteiger partial charge in [0, 0.05) is 18.7 Å². The number of benzene rings is 1.